The predicted molar refractivity (Wildman–Crippen MR) is 119 cm³/mol. The molecule has 9 nitrogen and oxygen atoms in total. The molecule has 0 saturated carbocycles. The predicted octanol–water partition coefficient (Wildman–Crippen LogP) is 3.10. The average molecular weight is 468 g/mol. The largest absolute Gasteiger partial charge is 0.493 e. The highest BCUT2D eigenvalue weighted by molar-refractivity contribution is 5.95. The topological polar surface area (TPSA) is 107 Å². The van der Waals surface area contributed by atoms with Gasteiger partial charge in [-0.1, -0.05) is 0 Å². The Morgan fingerprint density at radius 1 is 0.853 bits per heavy atom. The molecule has 4 rings (SSSR count). The molecule has 0 spiro atoms. The normalized spacial score (nSPS) is 16.3. The molecule has 0 bridgehead atoms. The number of methoxy groups -OCH3 is 3. The second-order valence-corrected chi connectivity index (χ2v) is 7.85. The number of fused-ring (bicyclic) bond motifs is 1. The summed E-state index contributed by atoms with van der Waals surface area (Å²) in [6.45, 7) is 2.69. The Labute approximate surface area is 196 Å². The van der Waals surface area contributed by atoms with E-state index >= 15 is 0 Å². The van der Waals surface area contributed by atoms with Gasteiger partial charge in [0.05, 0.1) is 26.9 Å². The van der Waals surface area contributed by atoms with Gasteiger partial charge in [0.15, 0.2) is 23.0 Å². The van der Waals surface area contributed by atoms with Crippen molar-refractivity contribution in [3.63, 3.8) is 0 Å². The minimum atomic E-state index is -0.575. The van der Waals surface area contributed by atoms with Crippen LogP contribution in [0.1, 0.15) is 36.5 Å². The van der Waals surface area contributed by atoms with Crippen molar-refractivity contribution in [3.05, 3.63) is 52.1 Å². The van der Waals surface area contributed by atoms with E-state index in [0.717, 1.165) is 11.1 Å². The van der Waals surface area contributed by atoms with Gasteiger partial charge < -0.3 is 28.4 Å². The molecule has 1 heterocycles. The molecule has 1 aliphatic carbocycles. The molecule has 0 aromatic heterocycles. The monoisotopic (exact) mass is 468 g/mol. The molecule has 2 aromatic rings. The van der Waals surface area contributed by atoms with Crippen LogP contribution in [-0.2, 0) is 25.5 Å². The van der Waals surface area contributed by atoms with Gasteiger partial charge in [0.25, 0.3) is 0 Å². The van der Waals surface area contributed by atoms with Crippen LogP contribution in [0.4, 0.5) is 0 Å². The van der Waals surface area contributed by atoms with E-state index in [9.17, 15) is 14.4 Å². The van der Waals surface area contributed by atoms with Gasteiger partial charge in [0.2, 0.25) is 5.75 Å². The lowest BCUT2D eigenvalue weighted by molar-refractivity contribution is -0.136. The van der Waals surface area contributed by atoms with Gasteiger partial charge in [-0.25, -0.2) is 4.79 Å². The summed E-state index contributed by atoms with van der Waals surface area (Å²) in [7, 11) is 4.52. The zero-order valence-corrected chi connectivity index (χ0v) is 19.5. The van der Waals surface area contributed by atoms with Gasteiger partial charge in [-0.2, -0.15) is 0 Å². The zero-order chi connectivity index (χ0) is 24.6. The molecule has 1 aliphatic heterocycles. The number of carbonyl (C=O) groups excluding carboxylic acids is 3. The van der Waals surface area contributed by atoms with E-state index in [4.69, 9.17) is 28.4 Å². The lowest BCUT2D eigenvalue weighted by atomic mass is 9.75. The molecular weight excluding hydrogens is 444 g/mol. The number of esters is 3. The molecule has 2 aliphatic rings. The van der Waals surface area contributed by atoms with E-state index in [0.29, 0.717) is 40.4 Å². The molecule has 0 amide bonds. The summed E-state index contributed by atoms with van der Waals surface area (Å²) < 4.78 is 32.5. The van der Waals surface area contributed by atoms with E-state index in [-0.39, 0.29) is 18.1 Å². The fourth-order valence-corrected chi connectivity index (χ4v) is 4.43. The van der Waals surface area contributed by atoms with Gasteiger partial charge in [-0.05, 0) is 52.9 Å². The van der Waals surface area contributed by atoms with E-state index in [1.807, 2.05) is 0 Å². The third kappa shape index (κ3) is 4.05. The van der Waals surface area contributed by atoms with Crippen molar-refractivity contribution in [2.75, 3.05) is 27.9 Å². The van der Waals surface area contributed by atoms with Crippen LogP contribution < -0.4 is 23.7 Å². The van der Waals surface area contributed by atoms with E-state index in [1.165, 1.54) is 35.2 Å². The Bertz CT molecular complexity index is 1200. The van der Waals surface area contributed by atoms with Crippen LogP contribution in [0.25, 0.3) is 0 Å². The van der Waals surface area contributed by atoms with Crippen molar-refractivity contribution in [2.45, 2.75) is 26.2 Å². The third-order valence-corrected chi connectivity index (χ3v) is 5.72. The second kappa shape index (κ2) is 9.09. The van der Waals surface area contributed by atoms with E-state index in [2.05, 4.69) is 0 Å². The van der Waals surface area contributed by atoms with Crippen LogP contribution >= 0.6 is 0 Å². The summed E-state index contributed by atoms with van der Waals surface area (Å²) in [5, 5.41) is 0. The Kier molecular flexibility index (Phi) is 6.19. The van der Waals surface area contributed by atoms with Crippen molar-refractivity contribution >= 4 is 17.9 Å². The molecule has 1 atom stereocenters. The Morgan fingerprint density at radius 2 is 1.44 bits per heavy atom. The van der Waals surface area contributed by atoms with Gasteiger partial charge in [0.1, 0.15) is 6.61 Å². The summed E-state index contributed by atoms with van der Waals surface area (Å²) in [4.78, 5) is 36.2. The van der Waals surface area contributed by atoms with Crippen molar-refractivity contribution in [2.24, 2.45) is 0 Å². The molecule has 178 valence electrons. The molecule has 0 radical (unpaired) electrons. The Hall–Kier alpha value is -4.01. The summed E-state index contributed by atoms with van der Waals surface area (Å²) in [5.74, 6) is -0.644. The number of ether oxygens (including phenoxy) is 6. The SMILES string of the molecule is COc1cc([C@H]2C3=C(COC3=O)Cc3cc(OC(C)=O)c(OC(C)=O)cc32)cc(OC)c1OC. The molecular formula is C25H24O9. The standard InChI is InChI=1S/C25H24O9/c1-12(26)33-18-7-14-6-16-11-32-25(28)23(16)22(17(14)10-19(18)34-13(2)27)15-8-20(29-3)24(31-5)21(9-15)30-4/h7-10,22H,6,11H2,1-5H3/t22-/m1/s1. The third-order valence-electron chi connectivity index (χ3n) is 5.72. The smallest absolute Gasteiger partial charge is 0.335 e. The minimum absolute atomic E-state index is 0.0781. The molecule has 2 aromatic carbocycles. The maximum atomic E-state index is 12.8. The maximum absolute atomic E-state index is 12.8. The van der Waals surface area contributed by atoms with Gasteiger partial charge in [-0.15, -0.1) is 0 Å². The zero-order valence-electron chi connectivity index (χ0n) is 19.5. The van der Waals surface area contributed by atoms with Gasteiger partial charge in [-0.3, -0.25) is 9.59 Å². The molecule has 0 saturated heterocycles. The highest BCUT2D eigenvalue weighted by Crippen LogP contribution is 2.49. The lowest BCUT2D eigenvalue weighted by Crippen LogP contribution is -2.19. The first-order chi connectivity index (χ1) is 16.3. The fourth-order valence-electron chi connectivity index (χ4n) is 4.43. The highest BCUT2D eigenvalue weighted by Gasteiger charge is 2.39. The van der Waals surface area contributed by atoms with Crippen molar-refractivity contribution < 1.29 is 42.8 Å². The van der Waals surface area contributed by atoms with Crippen LogP contribution in [0.3, 0.4) is 0 Å². The highest BCUT2D eigenvalue weighted by atomic mass is 16.6. The fraction of sp³-hybridized carbons (Fsp3) is 0.320. The summed E-state index contributed by atoms with van der Waals surface area (Å²) in [6, 6.07) is 6.82. The number of hydrogen-bond donors (Lipinski definition) is 0. The van der Waals surface area contributed by atoms with Gasteiger partial charge in [0, 0.05) is 19.8 Å². The van der Waals surface area contributed by atoms with Crippen molar-refractivity contribution in [1.29, 1.82) is 0 Å². The summed E-state index contributed by atoms with van der Waals surface area (Å²) in [5.41, 5.74) is 3.54. The first-order valence-electron chi connectivity index (χ1n) is 10.5. The molecule has 34 heavy (non-hydrogen) atoms. The molecule has 0 unspecified atom stereocenters. The molecule has 0 N–H and O–H groups in total. The number of rotatable bonds is 6. The maximum Gasteiger partial charge on any atom is 0.335 e. The number of benzene rings is 2. The van der Waals surface area contributed by atoms with E-state index in [1.54, 1.807) is 24.3 Å². The summed E-state index contributed by atoms with van der Waals surface area (Å²) in [6.07, 6.45) is 0.423. The molecule has 9 heteroatoms. The quantitative estimate of drug-likeness (QED) is 0.467. The Balaban J connectivity index is 1.97. The van der Waals surface area contributed by atoms with Crippen molar-refractivity contribution in [3.8, 4) is 28.7 Å². The number of cyclic esters (lactones) is 1. The molecule has 0 fully saturated rings. The van der Waals surface area contributed by atoms with Crippen molar-refractivity contribution in [1.82, 2.24) is 0 Å². The van der Waals surface area contributed by atoms with Gasteiger partial charge >= 0.3 is 17.9 Å². The van der Waals surface area contributed by atoms with Crippen LogP contribution in [0.5, 0.6) is 28.7 Å². The summed E-state index contributed by atoms with van der Waals surface area (Å²) >= 11 is 0. The number of hydrogen-bond acceptors (Lipinski definition) is 9. The Morgan fingerprint density at radius 3 is 1.97 bits per heavy atom. The number of carbonyl (C=O) groups is 3. The van der Waals surface area contributed by atoms with Crippen LogP contribution in [0.2, 0.25) is 0 Å². The lowest BCUT2D eigenvalue weighted by Gasteiger charge is -2.28. The van der Waals surface area contributed by atoms with E-state index < -0.39 is 23.8 Å². The van der Waals surface area contributed by atoms with Crippen LogP contribution in [0.15, 0.2) is 35.4 Å². The average Bonchev–Trinajstić information content (AvgIpc) is 3.16. The van der Waals surface area contributed by atoms with Crippen LogP contribution in [0, 0.1) is 0 Å². The first kappa shape index (κ1) is 23.2. The minimum Gasteiger partial charge on any atom is -0.493 e. The first-order valence-corrected chi connectivity index (χ1v) is 10.5. The second-order valence-electron chi connectivity index (χ2n) is 7.85. The van der Waals surface area contributed by atoms with Crippen LogP contribution in [-0.4, -0.2) is 45.8 Å².